The van der Waals surface area contributed by atoms with E-state index in [-0.39, 0.29) is 35.8 Å². The van der Waals surface area contributed by atoms with Crippen molar-refractivity contribution < 1.29 is 9.59 Å². The lowest BCUT2D eigenvalue weighted by Crippen LogP contribution is -2.31. The molecule has 1 aliphatic heterocycles. The second-order valence-corrected chi connectivity index (χ2v) is 7.87. The van der Waals surface area contributed by atoms with Gasteiger partial charge in [0.25, 0.3) is 5.56 Å². The molecule has 1 saturated heterocycles. The van der Waals surface area contributed by atoms with E-state index in [2.05, 4.69) is 10.3 Å². The zero-order chi connectivity index (χ0) is 19.7. The smallest absolute Gasteiger partial charge is 0.261 e. The predicted molar refractivity (Wildman–Crippen MR) is 105 cm³/mol. The van der Waals surface area contributed by atoms with Gasteiger partial charge in [0.2, 0.25) is 11.8 Å². The van der Waals surface area contributed by atoms with Gasteiger partial charge < -0.3 is 10.2 Å². The van der Waals surface area contributed by atoms with E-state index < -0.39 is 0 Å². The number of aromatic nitrogens is 2. The Morgan fingerprint density at radius 2 is 2.00 bits per heavy atom. The topological polar surface area (TPSA) is 84.3 Å². The van der Waals surface area contributed by atoms with Crippen molar-refractivity contribution in [3.63, 3.8) is 0 Å². The highest BCUT2D eigenvalue weighted by molar-refractivity contribution is 5.98. The van der Waals surface area contributed by atoms with Crippen molar-refractivity contribution in [3.05, 3.63) is 34.9 Å². The SMILES string of the molecule is CC(C)CN1CC(C(=O)Nc2ccc3ncn(C(C)C)c(=O)c3c2)CC1=O. The molecule has 2 amide bonds. The zero-order valence-electron chi connectivity index (χ0n) is 16.2. The maximum atomic E-state index is 12.6. The molecule has 1 atom stereocenters. The lowest BCUT2D eigenvalue weighted by molar-refractivity contribution is -0.128. The average molecular weight is 370 g/mol. The minimum atomic E-state index is -0.367. The Kier molecular flexibility index (Phi) is 5.30. The van der Waals surface area contributed by atoms with Crippen LogP contribution in [-0.2, 0) is 9.59 Å². The van der Waals surface area contributed by atoms with Crippen LogP contribution in [0, 0.1) is 11.8 Å². The Bertz CT molecular complexity index is 932. The van der Waals surface area contributed by atoms with Crippen LogP contribution in [0.15, 0.2) is 29.3 Å². The number of hydrogen-bond donors (Lipinski definition) is 1. The molecule has 144 valence electrons. The lowest BCUT2D eigenvalue weighted by atomic mass is 10.1. The van der Waals surface area contributed by atoms with Crippen LogP contribution in [0.25, 0.3) is 10.9 Å². The molecule has 0 aliphatic carbocycles. The van der Waals surface area contributed by atoms with Crippen LogP contribution in [0.5, 0.6) is 0 Å². The first-order valence-electron chi connectivity index (χ1n) is 9.35. The number of fused-ring (bicyclic) bond motifs is 1. The van der Waals surface area contributed by atoms with Gasteiger partial charge in [0.1, 0.15) is 0 Å². The van der Waals surface area contributed by atoms with Crippen LogP contribution in [0.2, 0.25) is 0 Å². The number of carbonyl (C=O) groups excluding carboxylic acids is 2. The summed E-state index contributed by atoms with van der Waals surface area (Å²) in [6.45, 7) is 9.04. The minimum Gasteiger partial charge on any atom is -0.342 e. The molecule has 1 fully saturated rings. The molecule has 7 heteroatoms. The Labute approximate surface area is 158 Å². The molecule has 7 nitrogen and oxygen atoms in total. The molecule has 3 rings (SSSR count). The van der Waals surface area contributed by atoms with Crippen molar-refractivity contribution in [3.8, 4) is 0 Å². The Morgan fingerprint density at radius 3 is 2.67 bits per heavy atom. The highest BCUT2D eigenvalue weighted by atomic mass is 16.2. The van der Waals surface area contributed by atoms with E-state index in [0.29, 0.717) is 35.6 Å². The normalized spacial score (nSPS) is 17.3. The number of nitrogens with one attached hydrogen (secondary N) is 1. The summed E-state index contributed by atoms with van der Waals surface area (Å²) in [5.74, 6) is -0.173. The summed E-state index contributed by atoms with van der Waals surface area (Å²) in [4.78, 5) is 43.4. The van der Waals surface area contributed by atoms with Crippen LogP contribution < -0.4 is 10.9 Å². The zero-order valence-corrected chi connectivity index (χ0v) is 16.2. The maximum Gasteiger partial charge on any atom is 0.261 e. The Balaban J connectivity index is 1.78. The number of nitrogens with zero attached hydrogens (tertiary/aromatic N) is 3. The quantitative estimate of drug-likeness (QED) is 0.876. The van der Waals surface area contributed by atoms with Crippen LogP contribution >= 0.6 is 0 Å². The monoisotopic (exact) mass is 370 g/mol. The van der Waals surface area contributed by atoms with Crippen LogP contribution in [0.4, 0.5) is 5.69 Å². The maximum absolute atomic E-state index is 12.6. The summed E-state index contributed by atoms with van der Waals surface area (Å²) in [6, 6.07) is 5.12. The molecule has 1 aliphatic rings. The average Bonchev–Trinajstić information content (AvgIpc) is 2.95. The highest BCUT2D eigenvalue weighted by Gasteiger charge is 2.34. The first-order chi connectivity index (χ1) is 12.8. The van der Waals surface area contributed by atoms with Crippen molar-refractivity contribution in [1.82, 2.24) is 14.5 Å². The van der Waals surface area contributed by atoms with Crippen LogP contribution in [0.1, 0.15) is 40.2 Å². The van der Waals surface area contributed by atoms with E-state index in [1.807, 2.05) is 27.7 Å². The first-order valence-corrected chi connectivity index (χ1v) is 9.35. The molecule has 0 saturated carbocycles. The predicted octanol–water partition coefficient (Wildman–Crippen LogP) is 2.42. The van der Waals surface area contributed by atoms with Gasteiger partial charge in [0.15, 0.2) is 0 Å². The molecular formula is C20H26N4O3. The third kappa shape index (κ3) is 4.02. The molecule has 0 radical (unpaired) electrons. The van der Waals surface area contributed by atoms with Gasteiger partial charge in [-0.05, 0) is 38.0 Å². The summed E-state index contributed by atoms with van der Waals surface area (Å²) in [5.41, 5.74) is 1.00. The number of amides is 2. The first kappa shape index (κ1) is 19.1. The number of benzene rings is 1. The summed E-state index contributed by atoms with van der Waals surface area (Å²) in [6.07, 6.45) is 1.77. The van der Waals surface area contributed by atoms with E-state index in [1.54, 1.807) is 34.0 Å². The van der Waals surface area contributed by atoms with Crippen molar-refractivity contribution in [2.24, 2.45) is 11.8 Å². The van der Waals surface area contributed by atoms with E-state index in [4.69, 9.17) is 0 Å². The number of hydrogen-bond acceptors (Lipinski definition) is 4. The molecule has 2 heterocycles. The molecule has 0 spiro atoms. The van der Waals surface area contributed by atoms with E-state index in [1.165, 1.54) is 0 Å². The largest absolute Gasteiger partial charge is 0.342 e. The fraction of sp³-hybridized carbons (Fsp3) is 0.500. The van der Waals surface area contributed by atoms with Gasteiger partial charge in [0.05, 0.1) is 23.1 Å². The number of rotatable bonds is 5. The second-order valence-electron chi connectivity index (χ2n) is 7.87. The Hall–Kier alpha value is -2.70. The van der Waals surface area contributed by atoms with Crippen molar-refractivity contribution >= 4 is 28.4 Å². The third-order valence-electron chi connectivity index (χ3n) is 4.78. The molecule has 1 aromatic heterocycles. The molecule has 1 aromatic carbocycles. The summed E-state index contributed by atoms with van der Waals surface area (Å²) < 4.78 is 1.56. The fourth-order valence-corrected chi connectivity index (χ4v) is 3.39. The van der Waals surface area contributed by atoms with E-state index in [9.17, 15) is 14.4 Å². The van der Waals surface area contributed by atoms with Gasteiger partial charge in [-0.1, -0.05) is 13.8 Å². The minimum absolute atomic E-state index is 0.00379. The second kappa shape index (κ2) is 7.50. The molecule has 1 unspecified atom stereocenters. The molecule has 2 aromatic rings. The highest BCUT2D eigenvalue weighted by Crippen LogP contribution is 2.22. The molecule has 27 heavy (non-hydrogen) atoms. The molecule has 1 N–H and O–H groups in total. The molecular weight excluding hydrogens is 344 g/mol. The van der Waals surface area contributed by atoms with Crippen molar-refractivity contribution in [2.45, 2.75) is 40.2 Å². The Morgan fingerprint density at radius 1 is 1.26 bits per heavy atom. The summed E-state index contributed by atoms with van der Waals surface area (Å²) in [5, 5.41) is 3.32. The summed E-state index contributed by atoms with van der Waals surface area (Å²) >= 11 is 0. The van der Waals surface area contributed by atoms with E-state index >= 15 is 0 Å². The van der Waals surface area contributed by atoms with Crippen molar-refractivity contribution in [1.29, 1.82) is 0 Å². The standard InChI is InChI=1S/C20H26N4O3/c1-12(2)9-23-10-14(7-18(23)25)19(26)22-15-5-6-17-16(8-15)20(27)24(11-21-17)13(3)4/h5-6,8,11-14H,7,9-10H2,1-4H3,(H,22,26). The van der Waals surface area contributed by atoms with Gasteiger partial charge >= 0.3 is 0 Å². The summed E-state index contributed by atoms with van der Waals surface area (Å²) in [7, 11) is 0. The lowest BCUT2D eigenvalue weighted by Gasteiger charge is -2.18. The number of anilines is 1. The molecule has 0 bridgehead atoms. The third-order valence-corrected chi connectivity index (χ3v) is 4.78. The van der Waals surface area contributed by atoms with E-state index in [0.717, 1.165) is 0 Å². The van der Waals surface area contributed by atoms with Crippen molar-refractivity contribution in [2.75, 3.05) is 18.4 Å². The number of likely N-dealkylation sites (tertiary alicyclic amines) is 1. The fourth-order valence-electron chi connectivity index (χ4n) is 3.39. The van der Waals surface area contributed by atoms with Crippen LogP contribution in [-0.4, -0.2) is 39.4 Å². The van der Waals surface area contributed by atoms with Gasteiger partial charge in [-0.3, -0.25) is 19.0 Å². The van der Waals surface area contributed by atoms with Gasteiger partial charge in [-0.2, -0.15) is 0 Å². The van der Waals surface area contributed by atoms with Gasteiger partial charge in [-0.25, -0.2) is 4.98 Å². The van der Waals surface area contributed by atoms with Gasteiger partial charge in [0, 0.05) is 31.2 Å². The van der Waals surface area contributed by atoms with Crippen LogP contribution in [0.3, 0.4) is 0 Å². The number of carbonyl (C=O) groups is 2. The van der Waals surface area contributed by atoms with Gasteiger partial charge in [-0.15, -0.1) is 0 Å².